The van der Waals surface area contributed by atoms with Crippen LogP contribution in [0.25, 0.3) is 11.3 Å². The second-order valence-electron chi connectivity index (χ2n) is 8.32. The highest BCUT2D eigenvalue weighted by Gasteiger charge is 2.25. The summed E-state index contributed by atoms with van der Waals surface area (Å²) >= 11 is 0. The van der Waals surface area contributed by atoms with Crippen LogP contribution < -0.4 is 5.32 Å². The average molecular weight is 421 g/mol. The third-order valence-electron chi connectivity index (χ3n) is 4.69. The maximum absolute atomic E-state index is 12.2. The van der Waals surface area contributed by atoms with E-state index in [1.54, 1.807) is 39.2 Å². The number of rotatable bonds is 7. The predicted molar refractivity (Wildman–Crippen MR) is 118 cm³/mol. The number of aromatic nitrogens is 2. The second-order valence-corrected chi connectivity index (χ2v) is 8.32. The van der Waals surface area contributed by atoms with Crippen molar-refractivity contribution < 1.29 is 19.4 Å². The number of nitrogens with zero attached hydrogens (tertiary/aromatic N) is 1. The Balaban J connectivity index is 1.93. The Kier molecular flexibility index (Phi) is 6.74. The van der Waals surface area contributed by atoms with Crippen molar-refractivity contribution in [1.29, 1.82) is 0 Å². The van der Waals surface area contributed by atoms with Crippen LogP contribution in [0.1, 0.15) is 48.3 Å². The minimum atomic E-state index is -1.03. The molecule has 0 saturated carbocycles. The zero-order valence-electron chi connectivity index (χ0n) is 17.9. The van der Waals surface area contributed by atoms with Crippen LogP contribution in [0.3, 0.4) is 0 Å². The van der Waals surface area contributed by atoms with Crippen LogP contribution in [0.4, 0.5) is 4.79 Å². The first kappa shape index (κ1) is 22.1. The molecule has 0 spiro atoms. The highest BCUT2D eigenvalue weighted by Crippen LogP contribution is 2.29. The van der Waals surface area contributed by atoms with Gasteiger partial charge in [-0.1, -0.05) is 30.3 Å². The van der Waals surface area contributed by atoms with Crippen molar-refractivity contribution in [1.82, 2.24) is 15.3 Å². The molecule has 1 atom stereocenters. The Morgan fingerprint density at radius 1 is 1.13 bits per heavy atom. The van der Waals surface area contributed by atoms with Crippen molar-refractivity contribution in [3.05, 3.63) is 77.7 Å². The molecule has 31 heavy (non-hydrogen) atoms. The third-order valence-corrected chi connectivity index (χ3v) is 4.69. The van der Waals surface area contributed by atoms with Crippen LogP contribution >= 0.6 is 0 Å². The Bertz CT molecular complexity index is 1020. The average Bonchev–Trinajstić information content (AvgIpc) is 3.17. The van der Waals surface area contributed by atoms with Crippen LogP contribution in [-0.4, -0.2) is 39.3 Å². The number of nitrogens with one attached hydrogen (secondary N) is 2. The van der Waals surface area contributed by atoms with E-state index >= 15 is 0 Å². The van der Waals surface area contributed by atoms with E-state index in [9.17, 15) is 14.7 Å². The van der Waals surface area contributed by atoms with Crippen molar-refractivity contribution in [3.8, 4) is 11.3 Å². The molecular formula is C24H27N3O4. The van der Waals surface area contributed by atoms with Gasteiger partial charge in [-0.2, -0.15) is 0 Å². The molecule has 7 nitrogen and oxygen atoms in total. The number of ether oxygens (including phenoxy) is 1. The van der Waals surface area contributed by atoms with Crippen LogP contribution in [0.2, 0.25) is 0 Å². The summed E-state index contributed by atoms with van der Waals surface area (Å²) in [7, 11) is 0. The molecule has 162 valence electrons. The van der Waals surface area contributed by atoms with E-state index in [0.717, 1.165) is 11.1 Å². The van der Waals surface area contributed by atoms with Crippen LogP contribution in [0.5, 0.6) is 0 Å². The molecule has 2 aromatic heterocycles. The largest absolute Gasteiger partial charge is 0.478 e. The molecule has 0 radical (unpaired) electrons. The van der Waals surface area contributed by atoms with E-state index in [-0.39, 0.29) is 18.0 Å². The van der Waals surface area contributed by atoms with Gasteiger partial charge in [0, 0.05) is 41.8 Å². The molecule has 0 saturated heterocycles. The number of pyridine rings is 1. The molecule has 0 aliphatic heterocycles. The van der Waals surface area contributed by atoms with Gasteiger partial charge in [0.1, 0.15) is 5.60 Å². The van der Waals surface area contributed by atoms with Crippen molar-refractivity contribution >= 4 is 12.1 Å². The quantitative estimate of drug-likeness (QED) is 0.516. The summed E-state index contributed by atoms with van der Waals surface area (Å²) < 4.78 is 5.34. The molecule has 2 heterocycles. The van der Waals surface area contributed by atoms with Gasteiger partial charge in [0.2, 0.25) is 0 Å². The van der Waals surface area contributed by atoms with Crippen LogP contribution in [0, 0.1) is 0 Å². The maximum Gasteiger partial charge on any atom is 0.407 e. The van der Waals surface area contributed by atoms with Crippen LogP contribution in [0.15, 0.2) is 60.9 Å². The first-order valence-electron chi connectivity index (χ1n) is 10.1. The standard InChI is InChI=1S/C24H27N3O4/c1-24(2,3)31-23(30)26-15-18(13-16-7-5-4-6-8-16)21-19(22(28)29)14-20(27-21)17-9-11-25-12-10-17/h4-12,14,18,27H,13,15H2,1-3H3,(H,26,30)(H,28,29). The summed E-state index contributed by atoms with van der Waals surface area (Å²) in [4.78, 5) is 31.5. The van der Waals surface area contributed by atoms with Gasteiger partial charge in [-0.25, -0.2) is 9.59 Å². The summed E-state index contributed by atoms with van der Waals surface area (Å²) in [6.07, 6.45) is 3.32. The normalized spacial score (nSPS) is 12.2. The lowest BCUT2D eigenvalue weighted by Gasteiger charge is -2.22. The molecule has 1 aromatic carbocycles. The molecule has 0 aliphatic carbocycles. The summed E-state index contributed by atoms with van der Waals surface area (Å²) in [6.45, 7) is 5.61. The lowest BCUT2D eigenvalue weighted by Crippen LogP contribution is -2.35. The van der Waals surface area contributed by atoms with E-state index in [1.165, 1.54) is 0 Å². The smallest absolute Gasteiger partial charge is 0.407 e. The fourth-order valence-electron chi connectivity index (χ4n) is 3.35. The first-order valence-corrected chi connectivity index (χ1v) is 10.1. The zero-order valence-corrected chi connectivity index (χ0v) is 17.9. The molecule has 3 N–H and O–H groups in total. The molecule has 7 heteroatoms. The van der Waals surface area contributed by atoms with Gasteiger partial charge in [0.25, 0.3) is 0 Å². The number of benzene rings is 1. The number of aromatic amines is 1. The van der Waals surface area contributed by atoms with Crippen molar-refractivity contribution in [3.63, 3.8) is 0 Å². The number of carboxylic acids is 1. The number of H-pyrrole nitrogens is 1. The number of hydrogen-bond donors (Lipinski definition) is 3. The number of carbonyl (C=O) groups is 2. The topological polar surface area (TPSA) is 104 Å². The Hall–Kier alpha value is -3.61. The maximum atomic E-state index is 12.2. The Morgan fingerprint density at radius 2 is 1.81 bits per heavy atom. The predicted octanol–water partition coefficient (Wildman–Crippen LogP) is 4.63. The summed E-state index contributed by atoms with van der Waals surface area (Å²) in [5.74, 6) is -1.32. The summed E-state index contributed by atoms with van der Waals surface area (Å²) in [6, 6.07) is 15.0. The molecule has 0 fully saturated rings. The Morgan fingerprint density at radius 3 is 2.42 bits per heavy atom. The van der Waals surface area contributed by atoms with E-state index in [2.05, 4.69) is 15.3 Å². The second kappa shape index (κ2) is 9.47. The van der Waals surface area contributed by atoms with Gasteiger partial charge >= 0.3 is 12.1 Å². The molecule has 1 unspecified atom stereocenters. The fraction of sp³-hybridized carbons (Fsp3) is 0.292. The molecule has 3 rings (SSSR count). The van der Waals surface area contributed by atoms with Gasteiger partial charge in [-0.05, 0) is 51.0 Å². The highest BCUT2D eigenvalue weighted by molar-refractivity contribution is 5.91. The van der Waals surface area contributed by atoms with Gasteiger partial charge in [-0.15, -0.1) is 0 Å². The molecule has 3 aromatic rings. The van der Waals surface area contributed by atoms with E-state index in [1.807, 2.05) is 42.5 Å². The van der Waals surface area contributed by atoms with Crippen molar-refractivity contribution in [2.75, 3.05) is 6.54 Å². The fourth-order valence-corrected chi connectivity index (χ4v) is 3.35. The van der Waals surface area contributed by atoms with E-state index in [4.69, 9.17) is 4.74 Å². The molecule has 0 bridgehead atoms. The van der Waals surface area contributed by atoms with Crippen molar-refractivity contribution in [2.24, 2.45) is 0 Å². The summed E-state index contributed by atoms with van der Waals surface area (Å²) in [5.41, 5.74) is 2.67. The van der Waals surface area contributed by atoms with E-state index in [0.29, 0.717) is 17.8 Å². The summed E-state index contributed by atoms with van der Waals surface area (Å²) in [5, 5.41) is 12.6. The number of carboxylic acid groups (broad SMARTS) is 1. The lowest BCUT2D eigenvalue weighted by molar-refractivity contribution is 0.0524. The number of aromatic carboxylic acids is 1. The SMILES string of the molecule is CC(C)(C)OC(=O)NCC(Cc1ccccc1)c1[nH]c(-c2ccncc2)cc1C(=O)O. The van der Waals surface area contributed by atoms with Gasteiger partial charge < -0.3 is 20.1 Å². The number of alkyl carbamates (subject to hydrolysis) is 1. The highest BCUT2D eigenvalue weighted by atomic mass is 16.6. The monoisotopic (exact) mass is 421 g/mol. The number of amides is 1. The number of hydrogen-bond acceptors (Lipinski definition) is 4. The van der Waals surface area contributed by atoms with Crippen LogP contribution in [-0.2, 0) is 11.2 Å². The van der Waals surface area contributed by atoms with Crippen molar-refractivity contribution in [2.45, 2.75) is 38.7 Å². The molecule has 0 aliphatic rings. The minimum absolute atomic E-state index is 0.179. The van der Waals surface area contributed by atoms with Gasteiger partial charge in [-0.3, -0.25) is 4.98 Å². The Labute approximate surface area is 181 Å². The lowest BCUT2D eigenvalue weighted by atomic mass is 9.94. The van der Waals surface area contributed by atoms with Gasteiger partial charge in [0.05, 0.1) is 5.56 Å². The minimum Gasteiger partial charge on any atom is -0.478 e. The third kappa shape index (κ3) is 6.18. The first-order chi connectivity index (χ1) is 14.7. The zero-order chi connectivity index (χ0) is 22.4. The van der Waals surface area contributed by atoms with E-state index < -0.39 is 17.7 Å². The molecule has 1 amide bonds. The van der Waals surface area contributed by atoms with Gasteiger partial charge in [0.15, 0.2) is 0 Å². The number of carbonyl (C=O) groups excluding carboxylic acids is 1. The molecular weight excluding hydrogens is 394 g/mol.